The fourth-order valence-corrected chi connectivity index (χ4v) is 3.41. The first kappa shape index (κ1) is 18.5. The summed E-state index contributed by atoms with van der Waals surface area (Å²) in [5.41, 5.74) is 7.24. The van der Waals surface area contributed by atoms with Crippen LogP contribution in [-0.2, 0) is 12.8 Å². The topological polar surface area (TPSA) is 51.6 Å². The van der Waals surface area contributed by atoms with E-state index in [0.717, 1.165) is 25.7 Å². The van der Waals surface area contributed by atoms with Crippen molar-refractivity contribution >= 4 is 0 Å². The van der Waals surface area contributed by atoms with Crippen LogP contribution < -0.4 is 0 Å². The van der Waals surface area contributed by atoms with Gasteiger partial charge >= 0.3 is 0 Å². The zero-order chi connectivity index (χ0) is 17.7. The third-order valence-electron chi connectivity index (χ3n) is 4.85. The van der Waals surface area contributed by atoms with Crippen LogP contribution in [0.5, 0.6) is 0 Å². The van der Waals surface area contributed by atoms with Crippen molar-refractivity contribution in [1.82, 2.24) is 19.9 Å². The van der Waals surface area contributed by atoms with Gasteiger partial charge in [-0.1, -0.05) is 27.7 Å². The van der Waals surface area contributed by atoms with Gasteiger partial charge in [-0.3, -0.25) is 0 Å². The summed E-state index contributed by atoms with van der Waals surface area (Å²) in [6.07, 6.45) is 7.62. The highest BCUT2D eigenvalue weighted by Crippen LogP contribution is 2.26. The summed E-state index contributed by atoms with van der Waals surface area (Å²) in [6, 6.07) is 0. The van der Waals surface area contributed by atoms with Crippen molar-refractivity contribution in [3.8, 4) is 0 Å². The summed E-state index contributed by atoms with van der Waals surface area (Å²) in [7, 11) is 0. The molecule has 0 aliphatic rings. The number of aryl methyl sites for hydroxylation is 2. The fourth-order valence-electron chi connectivity index (χ4n) is 3.41. The van der Waals surface area contributed by atoms with E-state index in [1.165, 1.54) is 33.9 Å². The molecule has 0 bridgehead atoms. The molecule has 0 N–H and O–H groups in total. The summed E-state index contributed by atoms with van der Waals surface area (Å²) >= 11 is 0. The van der Waals surface area contributed by atoms with Crippen LogP contribution in [0.4, 0.5) is 0 Å². The van der Waals surface area contributed by atoms with Gasteiger partial charge < -0.3 is 0 Å². The standard InChI is InChI=1S/C20H30N4/c1-7-17-15(5)18(22-11-21-17)10-8-9-14(4)20-16(6)19(13(2)3)23-12-24-20/h11-14H,7-10H2,1-6H3. The molecule has 0 spiro atoms. The van der Waals surface area contributed by atoms with Crippen molar-refractivity contribution in [2.45, 2.75) is 79.1 Å². The first-order valence-corrected chi connectivity index (χ1v) is 9.06. The van der Waals surface area contributed by atoms with Gasteiger partial charge in [0.2, 0.25) is 0 Å². The zero-order valence-electron chi connectivity index (χ0n) is 15.9. The molecule has 24 heavy (non-hydrogen) atoms. The average Bonchev–Trinajstić information content (AvgIpc) is 2.56. The molecule has 1 atom stereocenters. The third kappa shape index (κ3) is 4.16. The van der Waals surface area contributed by atoms with Crippen LogP contribution in [0.25, 0.3) is 0 Å². The van der Waals surface area contributed by atoms with E-state index in [-0.39, 0.29) is 0 Å². The third-order valence-corrected chi connectivity index (χ3v) is 4.85. The van der Waals surface area contributed by atoms with Gasteiger partial charge in [0.25, 0.3) is 0 Å². The van der Waals surface area contributed by atoms with Crippen molar-refractivity contribution < 1.29 is 0 Å². The van der Waals surface area contributed by atoms with Gasteiger partial charge in [-0.25, -0.2) is 19.9 Å². The Labute approximate surface area is 146 Å². The molecule has 0 amide bonds. The van der Waals surface area contributed by atoms with E-state index < -0.39 is 0 Å². The molecule has 2 rings (SSSR count). The Morgan fingerprint density at radius 3 is 2.12 bits per heavy atom. The Balaban J connectivity index is 2.02. The van der Waals surface area contributed by atoms with Crippen LogP contribution in [0, 0.1) is 13.8 Å². The van der Waals surface area contributed by atoms with E-state index in [4.69, 9.17) is 0 Å². The molecule has 4 heteroatoms. The van der Waals surface area contributed by atoms with E-state index in [0.29, 0.717) is 11.8 Å². The van der Waals surface area contributed by atoms with Gasteiger partial charge in [-0.15, -0.1) is 0 Å². The first-order valence-electron chi connectivity index (χ1n) is 9.06. The molecule has 2 aromatic rings. The maximum Gasteiger partial charge on any atom is 0.115 e. The summed E-state index contributed by atoms with van der Waals surface area (Å²) in [4.78, 5) is 17.8. The number of nitrogens with zero attached hydrogens (tertiary/aromatic N) is 4. The Kier molecular flexibility index (Phi) is 6.41. The normalized spacial score (nSPS) is 12.6. The van der Waals surface area contributed by atoms with Crippen LogP contribution in [0.3, 0.4) is 0 Å². The molecule has 0 aliphatic carbocycles. The lowest BCUT2D eigenvalue weighted by atomic mass is 9.93. The second-order valence-corrected chi connectivity index (χ2v) is 6.96. The quantitative estimate of drug-likeness (QED) is 0.740. The molecular formula is C20H30N4. The molecule has 0 aliphatic heterocycles. The highest BCUT2D eigenvalue weighted by Gasteiger charge is 2.15. The summed E-state index contributed by atoms with van der Waals surface area (Å²) < 4.78 is 0. The highest BCUT2D eigenvalue weighted by molar-refractivity contribution is 5.28. The number of hydrogen-bond donors (Lipinski definition) is 0. The van der Waals surface area contributed by atoms with E-state index in [9.17, 15) is 0 Å². The zero-order valence-corrected chi connectivity index (χ0v) is 15.9. The highest BCUT2D eigenvalue weighted by atomic mass is 14.9. The lowest BCUT2D eigenvalue weighted by molar-refractivity contribution is 0.604. The van der Waals surface area contributed by atoms with Gasteiger partial charge in [0.15, 0.2) is 0 Å². The van der Waals surface area contributed by atoms with E-state index in [2.05, 4.69) is 61.5 Å². The fraction of sp³-hybridized carbons (Fsp3) is 0.600. The van der Waals surface area contributed by atoms with Crippen molar-refractivity contribution in [3.63, 3.8) is 0 Å². The molecule has 2 aromatic heterocycles. The van der Waals surface area contributed by atoms with Crippen LogP contribution in [0.15, 0.2) is 12.7 Å². The maximum absolute atomic E-state index is 4.56. The second kappa shape index (κ2) is 8.32. The Hall–Kier alpha value is -1.84. The lowest BCUT2D eigenvalue weighted by Gasteiger charge is -2.17. The van der Waals surface area contributed by atoms with Gasteiger partial charge in [-0.2, -0.15) is 0 Å². The van der Waals surface area contributed by atoms with E-state index in [1.807, 2.05) is 0 Å². The summed E-state index contributed by atoms with van der Waals surface area (Å²) in [6.45, 7) is 13.1. The molecule has 0 aromatic carbocycles. The molecule has 0 fully saturated rings. The molecule has 0 radical (unpaired) electrons. The van der Waals surface area contributed by atoms with E-state index in [1.54, 1.807) is 12.7 Å². The van der Waals surface area contributed by atoms with Crippen molar-refractivity contribution in [1.29, 1.82) is 0 Å². The molecular weight excluding hydrogens is 296 g/mol. The Morgan fingerprint density at radius 2 is 1.46 bits per heavy atom. The van der Waals surface area contributed by atoms with E-state index >= 15 is 0 Å². The van der Waals surface area contributed by atoms with Gasteiger partial charge in [0, 0.05) is 22.8 Å². The largest absolute Gasteiger partial charge is 0.241 e. The Bertz CT molecular complexity index is 679. The molecule has 1 unspecified atom stereocenters. The minimum absolute atomic E-state index is 0.440. The molecule has 0 saturated carbocycles. The molecule has 130 valence electrons. The molecule has 2 heterocycles. The SMILES string of the molecule is CCc1ncnc(CCCC(C)c2ncnc(C(C)C)c2C)c1C. The van der Waals surface area contributed by atoms with Crippen LogP contribution in [0.1, 0.15) is 86.3 Å². The summed E-state index contributed by atoms with van der Waals surface area (Å²) in [5, 5.41) is 0. The smallest absolute Gasteiger partial charge is 0.115 e. The van der Waals surface area contributed by atoms with Gasteiger partial charge in [0.05, 0.1) is 0 Å². The minimum atomic E-state index is 0.440. The van der Waals surface area contributed by atoms with Crippen molar-refractivity contribution in [2.75, 3.05) is 0 Å². The Morgan fingerprint density at radius 1 is 0.833 bits per heavy atom. The van der Waals surface area contributed by atoms with Crippen LogP contribution >= 0.6 is 0 Å². The van der Waals surface area contributed by atoms with Crippen molar-refractivity contribution in [3.05, 3.63) is 46.6 Å². The first-order chi connectivity index (χ1) is 11.5. The van der Waals surface area contributed by atoms with Gasteiger partial charge in [0.1, 0.15) is 12.7 Å². The second-order valence-electron chi connectivity index (χ2n) is 6.96. The van der Waals surface area contributed by atoms with Gasteiger partial charge in [-0.05, 0) is 62.5 Å². The van der Waals surface area contributed by atoms with Crippen molar-refractivity contribution in [2.24, 2.45) is 0 Å². The lowest BCUT2D eigenvalue weighted by Crippen LogP contribution is -2.07. The number of rotatable bonds is 7. The maximum atomic E-state index is 4.56. The number of hydrogen-bond acceptors (Lipinski definition) is 4. The monoisotopic (exact) mass is 326 g/mol. The predicted octanol–water partition coefficient (Wildman–Crippen LogP) is 4.70. The van der Waals surface area contributed by atoms with Crippen LogP contribution in [0.2, 0.25) is 0 Å². The number of aromatic nitrogens is 4. The average molecular weight is 326 g/mol. The van der Waals surface area contributed by atoms with Crippen LogP contribution in [-0.4, -0.2) is 19.9 Å². The molecule has 0 saturated heterocycles. The summed E-state index contributed by atoms with van der Waals surface area (Å²) in [5.74, 6) is 0.883. The molecule has 4 nitrogen and oxygen atoms in total. The minimum Gasteiger partial charge on any atom is -0.241 e. The predicted molar refractivity (Wildman–Crippen MR) is 98.4 cm³/mol.